The highest BCUT2D eigenvalue weighted by Crippen LogP contribution is 2.36. The van der Waals surface area contributed by atoms with E-state index in [1.807, 2.05) is 39.8 Å². The zero-order chi connectivity index (χ0) is 20.5. The van der Waals surface area contributed by atoms with E-state index in [-0.39, 0.29) is 12.0 Å². The van der Waals surface area contributed by atoms with Crippen molar-refractivity contribution in [3.63, 3.8) is 0 Å². The summed E-state index contributed by atoms with van der Waals surface area (Å²) >= 11 is 0. The molecule has 0 aliphatic carbocycles. The van der Waals surface area contributed by atoms with Gasteiger partial charge in [-0.15, -0.1) is 0 Å². The molecule has 0 amide bonds. The van der Waals surface area contributed by atoms with Crippen molar-refractivity contribution in [2.45, 2.75) is 40.0 Å². The van der Waals surface area contributed by atoms with E-state index in [9.17, 15) is 9.59 Å². The number of carbonyl (C=O) groups is 2. The number of aryl methyl sites for hydroxylation is 1. The summed E-state index contributed by atoms with van der Waals surface area (Å²) in [4.78, 5) is 25.1. The van der Waals surface area contributed by atoms with Crippen molar-refractivity contribution >= 4 is 22.9 Å². The second kappa shape index (κ2) is 7.50. The van der Waals surface area contributed by atoms with Crippen LogP contribution in [-0.4, -0.2) is 18.5 Å². The first-order valence-corrected chi connectivity index (χ1v) is 9.24. The highest BCUT2D eigenvalue weighted by Gasteiger charge is 2.30. The molecule has 0 saturated carbocycles. The van der Waals surface area contributed by atoms with Crippen molar-refractivity contribution in [3.8, 4) is 5.75 Å². The maximum Gasteiger partial charge on any atom is 0.343 e. The van der Waals surface area contributed by atoms with Gasteiger partial charge in [0.05, 0.1) is 12.2 Å². The molecule has 0 atom stereocenters. The summed E-state index contributed by atoms with van der Waals surface area (Å²) in [5.74, 6) is -0.0147. The minimum absolute atomic E-state index is 0.261. The van der Waals surface area contributed by atoms with Crippen LogP contribution < -0.4 is 4.74 Å². The summed E-state index contributed by atoms with van der Waals surface area (Å²) in [7, 11) is 0. The van der Waals surface area contributed by atoms with E-state index in [0.29, 0.717) is 33.6 Å². The van der Waals surface area contributed by atoms with Crippen LogP contribution in [0.1, 0.15) is 59.7 Å². The van der Waals surface area contributed by atoms with Crippen LogP contribution in [-0.2, 0) is 10.2 Å². The number of furan rings is 1. The van der Waals surface area contributed by atoms with Gasteiger partial charge in [0, 0.05) is 10.8 Å². The number of rotatable bonds is 4. The van der Waals surface area contributed by atoms with Gasteiger partial charge in [-0.05, 0) is 43.7 Å². The van der Waals surface area contributed by atoms with E-state index in [1.165, 1.54) is 0 Å². The summed E-state index contributed by atoms with van der Waals surface area (Å²) < 4.78 is 16.7. The molecule has 0 unspecified atom stereocenters. The van der Waals surface area contributed by atoms with Gasteiger partial charge >= 0.3 is 11.9 Å². The molecule has 0 saturated heterocycles. The van der Waals surface area contributed by atoms with Crippen molar-refractivity contribution in [1.82, 2.24) is 0 Å². The Bertz CT molecular complexity index is 1040. The zero-order valence-corrected chi connectivity index (χ0v) is 16.8. The van der Waals surface area contributed by atoms with Crippen molar-refractivity contribution in [3.05, 3.63) is 64.9 Å². The minimum atomic E-state index is -0.450. The lowest BCUT2D eigenvalue weighted by Gasteiger charge is -2.16. The van der Waals surface area contributed by atoms with Crippen LogP contribution in [0.15, 0.2) is 46.9 Å². The van der Waals surface area contributed by atoms with Gasteiger partial charge in [-0.2, -0.15) is 0 Å². The summed E-state index contributed by atoms with van der Waals surface area (Å²) in [5.41, 5.74) is 1.86. The van der Waals surface area contributed by atoms with Gasteiger partial charge in [-0.1, -0.05) is 39.0 Å². The Kier molecular flexibility index (Phi) is 5.27. The molecule has 1 heterocycles. The lowest BCUT2D eigenvalue weighted by atomic mass is 9.89. The third kappa shape index (κ3) is 3.79. The lowest BCUT2D eigenvalue weighted by molar-refractivity contribution is 0.0523. The topological polar surface area (TPSA) is 65.7 Å². The number of ether oxygens (including phenoxy) is 2. The molecular formula is C23H24O5. The number of carbonyl (C=O) groups excluding carboxylic acids is 2. The Hall–Kier alpha value is -3.08. The van der Waals surface area contributed by atoms with Gasteiger partial charge in [0.2, 0.25) is 0 Å². The molecule has 0 radical (unpaired) electrons. The average Bonchev–Trinajstić information content (AvgIpc) is 3.01. The van der Waals surface area contributed by atoms with Crippen LogP contribution in [0.25, 0.3) is 11.0 Å². The number of benzene rings is 2. The van der Waals surface area contributed by atoms with Gasteiger partial charge in [0.25, 0.3) is 0 Å². The largest absolute Gasteiger partial charge is 0.462 e. The average molecular weight is 380 g/mol. The standard InChI is InChI=1S/C23H24O5/c1-6-26-22(25)19-17-13-15(11-12-18(17)28-20(19)23(3,4)5)27-21(24)16-10-8-7-9-14(16)2/h7-13H,6H2,1-5H3. The molecule has 3 rings (SSSR count). The molecule has 146 valence electrons. The number of hydrogen-bond donors (Lipinski definition) is 0. The van der Waals surface area contributed by atoms with E-state index in [4.69, 9.17) is 13.9 Å². The van der Waals surface area contributed by atoms with E-state index >= 15 is 0 Å². The lowest BCUT2D eigenvalue weighted by Crippen LogP contribution is -2.16. The molecule has 0 spiro atoms. The fourth-order valence-electron chi connectivity index (χ4n) is 3.04. The van der Waals surface area contributed by atoms with Crippen LogP contribution >= 0.6 is 0 Å². The highest BCUT2D eigenvalue weighted by molar-refractivity contribution is 6.05. The maximum atomic E-state index is 12.6. The van der Waals surface area contributed by atoms with Crippen LogP contribution in [0, 0.1) is 6.92 Å². The molecule has 0 aliphatic heterocycles. The third-order valence-electron chi connectivity index (χ3n) is 4.40. The normalized spacial score (nSPS) is 11.5. The van der Waals surface area contributed by atoms with Crippen LogP contribution in [0.4, 0.5) is 0 Å². The smallest absolute Gasteiger partial charge is 0.343 e. The van der Waals surface area contributed by atoms with E-state index in [1.54, 1.807) is 37.3 Å². The van der Waals surface area contributed by atoms with Gasteiger partial charge < -0.3 is 13.9 Å². The van der Waals surface area contributed by atoms with Gasteiger partial charge in [0.1, 0.15) is 22.7 Å². The van der Waals surface area contributed by atoms with Crippen LogP contribution in [0.5, 0.6) is 5.75 Å². The SMILES string of the molecule is CCOC(=O)c1c(C(C)(C)C)oc2ccc(OC(=O)c3ccccc3C)cc12. The third-order valence-corrected chi connectivity index (χ3v) is 4.40. The predicted octanol–water partition coefficient (Wildman–Crippen LogP) is 5.43. The molecule has 5 heteroatoms. The Labute approximate surface area is 164 Å². The quantitative estimate of drug-likeness (QED) is 0.446. The Morgan fingerprint density at radius 3 is 2.39 bits per heavy atom. The van der Waals surface area contributed by atoms with Gasteiger partial charge in [-0.3, -0.25) is 0 Å². The molecule has 0 fully saturated rings. The predicted molar refractivity (Wildman–Crippen MR) is 107 cm³/mol. The molecule has 5 nitrogen and oxygen atoms in total. The van der Waals surface area contributed by atoms with Crippen LogP contribution in [0.2, 0.25) is 0 Å². The first kappa shape index (κ1) is 19.7. The Balaban J connectivity index is 2.05. The van der Waals surface area contributed by atoms with Gasteiger partial charge in [0.15, 0.2) is 0 Å². The molecule has 0 aliphatic rings. The zero-order valence-electron chi connectivity index (χ0n) is 16.8. The summed E-state index contributed by atoms with van der Waals surface area (Å²) in [6.07, 6.45) is 0. The number of esters is 2. The highest BCUT2D eigenvalue weighted by atomic mass is 16.5. The van der Waals surface area contributed by atoms with E-state index in [2.05, 4.69) is 0 Å². The molecule has 0 bridgehead atoms. The van der Waals surface area contributed by atoms with E-state index in [0.717, 1.165) is 5.56 Å². The van der Waals surface area contributed by atoms with Crippen LogP contribution in [0.3, 0.4) is 0 Å². The van der Waals surface area contributed by atoms with Crippen molar-refractivity contribution < 1.29 is 23.5 Å². The molecule has 3 aromatic rings. The van der Waals surface area contributed by atoms with Crippen molar-refractivity contribution in [1.29, 1.82) is 0 Å². The Morgan fingerprint density at radius 2 is 1.75 bits per heavy atom. The Morgan fingerprint density at radius 1 is 1.04 bits per heavy atom. The fourth-order valence-corrected chi connectivity index (χ4v) is 3.04. The molecular weight excluding hydrogens is 356 g/mol. The second-order valence-corrected chi connectivity index (χ2v) is 7.64. The first-order chi connectivity index (χ1) is 13.2. The number of fused-ring (bicyclic) bond motifs is 1. The first-order valence-electron chi connectivity index (χ1n) is 9.24. The molecule has 0 N–H and O–H groups in total. The summed E-state index contributed by atoms with van der Waals surface area (Å²) in [6, 6.07) is 12.2. The monoisotopic (exact) mass is 380 g/mol. The van der Waals surface area contributed by atoms with Crippen molar-refractivity contribution in [2.75, 3.05) is 6.61 Å². The maximum absolute atomic E-state index is 12.6. The second-order valence-electron chi connectivity index (χ2n) is 7.64. The molecule has 28 heavy (non-hydrogen) atoms. The minimum Gasteiger partial charge on any atom is -0.462 e. The summed E-state index contributed by atoms with van der Waals surface area (Å²) in [5, 5.41) is 0.568. The summed E-state index contributed by atoms with van der Waals surface area (Å²) in [6.45, 7) is 9.76. The van der Waals surface area contributed by atoms with Gasteiger partial charge in [-0.25, -0.2) is 9.59 Å². The fraction of sp³-hybridized carbons (Fsp3) is 0.304. The number of hydrogen-bond acceptors (Lipinski definition) is 5. The van der Waals surface area contributed by atoms with E-state index < -0.39 is 11.9 Å². The van der Waals surface area contributed by atoms with Crippen molar-refractivity contribution in [2.24, 2.45) is 0 Å². The molecule has 2 aromatic carbocycles. The molecule has 1 aromatic heterocycles.